The van der Waals surface area contributed by atoms with Crippen molar-refractivity contribution >= 4 is 5.91 Å². The first-order valence-corrected chi connectivity index (χ1v) is 7.83. The molecule has 1 unspecified atom stereocenters. The van der Waals surface area contributed by atoms with Crippen molar-refractivity contribution in [1.82, 2.24) is 20.2 Å². The zero-order valence-electron chi connectivity index (χ0n) is 14.0. The summed E-state index contributed by atoms with van der Waals surface area (Å²) in [6.45, 7) is 4.98. The number of carbonyl (C=O) groups excluding carboxylic acids is 1. The molecule has 5 nitrogen and oxygen atoms in total. The minimum absolute atomic E-state index is 0.0172. The largest absolute Gasteiger partial charge is 0.352 e. The first-order valence-electron chi connectivity index (χ1n) is 7.83. The maximum Gasteiger partial charge on any atom is 0.234 e. The van der Waals surface area contributed by atoms with Gasteiger partial charge in [-0.25, -0.2) is 0 Å². The van der Waals surface area contributed by atoms with Crippen LogP contribution in [0.25, 0.3) is 0 Å². The number of amides is 1. The normalized spacial score (nSPS) is 12.2. The Hall–Kier alpha value is -2.27. The summed E-state index contributed by atoms with van der Waals surface area (Å²) in [6.07, 6.45) is 2.50. The molecule has 0 aliphatic rings. The molecule has 0 saturated carbocycles. The molecule has 23 heavy (non-hydrogen) atoms. The molecule has 2 aromatic rings. The highest BCUT2D eigenvalue weighted by atomic mass is 16.2. The van der Waals surface area contributed by atoms with E-state index >= 15 is 0 Å². The zero-order chi connectivity index (χ0) is 16.7. The Bertz CT molecular complexity index is 630. The summed E-state index contributed by atoms with van der Waals surface area (Å²) in [4.78, 5) is 22.8. The predicted molar refractivity (Wildman–Crippen MR) is 90.9 cm³/mol. The fraction of sp³-hybridized carbons (Fsp3) is 0.389. The summed E-state index contributed by atoms with van der Waals surface area (Å²) >= 11 is 0. The van der Waals surface area contributed by atoms with Crippen LogP contribution in [0.4, 0.5) is 0 Å². The van der Waals surface area contributed by atoms with Gasteiger partial charge in [0.15, 0.2) is 0 Å². The van der Waals surface area contributed by atoms with Crippen molar-refractivity contribution < 1.29 is 4.79 Å². The lowest BCUT2D eigenvalue weighted by Gasteiger charge is -2.18. The second kappa shape index (κ2) is 8.39. The van der Waals surface area contributed by atoms with Crippen LogP contribution in [0.15, 0.2) is 42.6 Å². The lowest BCUT2D eigenvalue weighted by Crippen LogP contribution is -2.40. The molecule has 2 heterocycles. The smallest absolute Gasteiger partial charge is 0.234 e. The van der Waals surface area contributed by atoms with Crippen molar-refractivity contribution in [3.05, 3.63) is 59.7 Å². The number of aryl methyl sites for hydroxylation is 1. The van der Waals surface area contributed by atoms with Crippen molar-refractivity contribution in [2.45, 2.75) is 32.9 Å². The van der Waals surface area contributed by atoms with Gasteiger partial charge in [-0.05, 0) is 45.2 Å². The van der Waals surface area contributed by atoms with Gasteiger partial charge in [0.05, 0.1) is 12.2 Å². The van der Waals surface area contributed by atoms with Crippen LogP contribution in [-0.4, -0.2) is 40.4 Å². The summed E-state index contributed by atoms with van der Waals surface area (Å²) in [6, 6.07) is 11.8. The van der Waals surface area contributed by atoms with E-state index in [1.54, 1.807) is 6.20 Å². The third kappa shape index (κ3) is 6.16. The molecule has 1 atom stereocenters. The molecule has 0 aromatic carbocycles. The third-order valence-corrected chi connectivity index (χ3v) is 3.44. The second-order valence-corrected chi connectivity index (χ2v) is 5.94. The van der Waals surface area contributed by atoms with Gasteiger partial charge < -0.3 is 5.32 Å². The van der Waals surface area contributed by atoms with Gasteiger partial charge in [-0.2, -0.15) is 0 Å². The summed E-state index contributed by atoms with van der Waals surface area (Å²) in [5.41, 5.74) is 2.95. The quantitative estimate of drug-likeness (QED) is 0.849. The van der Waals surface area contributed by atoms with Crippen molar-refractivity contribution in [2.24, 2.45) is 0 Å². The lowest BCUT2D eigenvalue weighted by molar-refractivity contribution is -0.122. The molecule has 122 valence electrons. The van der Waals surface area contributed by atoms with Gasteiger partial charge in [-0.3, -0.25) is 19.7 Å². The summed E-state index contributed by atoms with van der Waals surface area (Å²) in [5.74, 6) is 0.0172. The van der Waals surface area contributed by atoms with Gasteiger partial charge in [-0.15, -0.1) is 0 Å². The molecule has 0 aliphatic carbocycles. The summed E-state index contributed by atoms with van der Waals surface area (Å²) in [5, 5.41) is 3.02. The molecule has 2 aromatic heterocycles. The monoisotopic (exact) mass is 312 g/mol. The Labute approximate surface area is 137 Å². The van der Waals surface area contributed by atoms with E-state index in [-0.39, 0.29) is 11.9 Å². The van der Waals surface area contributed by atoms with E-state index in [0.717, 1.165) is 23.5 Å². The van der Waals surface area contributed by atoms with Crippen LogP contribution < -0.4 is 5.32 Å². The van der Waals surface area contributed by atoms with Crippen LogP contribution >= 0.6 is 0 Å². The number of nitrogens with one attached hydrogen (secondary N) is 1. The first-order chi connectivity index (χ1) is 11.0. The Morgan fingerprint density at radius 1 is 1.22 bits per heavy atom. The molecule has 2 rings (SSSR count). The van der Waals surface area contributed by atoms with E-state index in [9.17, 15) is 4.79 Å². The van der Waals surface area contributed by atoms with Crippen LogP contribution in [0.2, 0.25) is 0 Å². The van der Waals surface area contributed by atoms with Crippen molar-refractivity contribution in [3.63, 3.8) is 0 Å². The Morgan fingerprint density at radius 3 is 2.70 bits per heavy atom. The number of likely N-dealkylation sites (N-methyl/N-ethyl adjacent to an activating group) is 1. The van der Waals surface area contributed by atoms with Gasteiger partial charge in [0.2, 0.25) is 5.91 Å². The average molecular weight is 312 g/mol. The molecule has 0 spiro atoms. The standard InChI is InChI=1S/C18H24N4O/c1-14-7-6-9-16(20-14)11-15(2)21-18(23)13-22(3)12-17-8-4-5-10-19-17/h4-10,15H,11-13H2,1-3H3,(H,21,23). The van der Waals surface area contributed by atoms with Crippen molar-refractivity contribution in [3.8, 4) is 0 Å². The average Bonchev–Trinajstić information content (AvgIpc) is 2.47. The highest BCUT2D eigenvalue weighted by Gasteiger charge is 2.11. The third-order valence-electron chi connectivity index (χ3n) is 3.44. The molecular formula is C18H24N4O. The van der Waals surface area contributed by atoms with Gasteiger partial charge in [0, 0.05) is 36.6 Å². The minimum atomic E-state index is 0.0172. The fourth-order valence-corrected chi connectivity index (χ4v) is 2.47. The van der Waals surface area contributed by atoms with Crippen LogP contribution in [0.1, 0.15) is 24.0 Å². The molecule has 0 saturated heterocycles. The second-order valence-electron chi connectivity index (χ2n) is 5.94. The maximum atomic E-state index is 12.1. The predicted octanol–water partition coefficient (Wildman–Crippen LogP) is 1.96. The van der Waals surface area contributed by atoms with Gasteiger partial charge in [0.1, 0.15) is 0 Å². The molecule has 0 fully saturated rings. The van der Waals surface area contributed by atoms with Gasteiger partial charge >= 0.3 is 0 Å². The molecular weight excluding hydrogens is 288 g/mol. The number of rotatable bonds is 7. The Morgan fingerprint density at radius 2 is 2.00 bits per heavy atom. The highest BCUT2D eigenvalue weighted by molar-refractivity contribution is 5.78. The van der Waals surface area contributed by atoms with E-state index in [1.165, 1.54) is 0 Å². The van der Waals surface area contributed by atoms with Crippen molar-refractivity contribution in [2.75, 3.05) is 13.6 Å². The minimum Gasteiger partial charge on any atom is -0.352 e. The van der Waals surface area contributed by atoms with E-state index < -0.39 is 0 Å². The Balaban J connectivity index is 1.77. The van der Waals surface area contributed by atoms with Gasteiger partial charge in [-0.1, -0.05) is 12.1 Å². The van der Waals surface area contributed by atoms with Crippen LogP contribution in [0.5, 0.6) is 0 Å². The topological polar surface area (TPSA) is 58.1 Å². The maximum absolute atomic E-state index is 12.1. The van der Waals surface area contributed by atoms with Gasteiger partial charge in [0.25, 0.3) is 0 Å². The summed E-state index contributed by atoms with van der Waals surface area (Å²) in [7, 11) is 1.92. The van der Waals surface area contributed by atoms with Crippen molar-refractivity contribution in [1.29, 1.82) is 0 Å². The highest BCUT2D eigenvalue weighted by Crippen LogP contribution is 2.02. The van der Waals surface area contributed by atoms with Crippen LogP contribution in [0, 0.1) is 6.92 Å². The lowest BCUT2D eigenvalue weighted by atomic mass is 10.1. The summed E-state index contributed by atoms with van der Waals surface area (Å²) < 4.78 is 0. The van der Waals surface area contributed by atoms with Crippen LogP contribution in [0.3, 0.4) is 0 Å². The number of hydrogen-bond acceptors (Lipinski definition) is 4. The fourth-order valence-electron chi connectivity index (χ4n) is 2.47. The molecule has 0 radical (unpaired) electrons. The van der Waals surface area contributed by atoms with E-state index in [2.05, 4.69) is 15.3 Å². The van der Waals surface area contributed by atoms with E-state index in [4.69, 9.17) is 0 Å². The molecule has 1 N–H and O–H groups in total. The van der Waals surface area contributed by atoms with Crippen LogP contribution in [-0.2, 0) is 17.8 Å². The molecule has 5 heteroatoms. The first kappa shape index (κ1) is 17.1. The molecule has 1 amide bonds. The SMILES string of the molecule is Cc1cccc(CC(C)NC(=O)CN(C)Cc2ccccn2)n1. The van der Waals surface area contributed by atoms with E-state index in [1.807, 2.05) is 62.2 Å². The number of aromatic nitrogens is 2. The number of carbonyl (C=O) groups is 1. The zero-order valence-corrected chi connectivity index (χ0v) is 14.0. The number of nitrogens with zero attached hydrogens (tertiary/aromatic N) is 3. The number of hydrogen-bond donors (Lipinski definition) is 1. The molecule has 0 bridgehead atoms. The molecule has 0 aliphatic heterocycles. The Kier molecular flexibility index (Phi) is 6.23. The number of pyridine rings is 2. The van der Waals surface area contributed by atoms with E-state index in [0.29, 0.717) is 13.1 Å².